The van der Waals surface area contributed by atoms with E-state index in [9.17, 15) is 4.79 Å². The van der Waals surface area contributed by atoms with Gasteiger partial charge in [-0.05, 0) is 18.6 Å². The van der Waals surface area contributed by atoms with Gasteiger partial charge in [-0.15, -0.1) is 11.3 Å². The van der Waals surface area contributed by atoms with Crippen LogP contribution < -0.4 is 5.73 Å². The zero-order valence-corrected chi connectivity index (χ0v) is 9.04. The van der Waals surface area contributed by atoms with Crippen molar-refractivity contribution in [2.24, 2.45) is 5.73 Å². The number of carbonyl (C=O) groups is 1. The van der Waals surface area contributed by atoms with Gasteiger partial charge in [-0.3, -0.25) is 4.79 Å². The molecular formula is C11H10N2OS. The molecule has 2 aromatic rings. The predicted molar refractivity (Wildman–Crippen MR) is 60.8 cm³/mol. The van der Waals surface area contributed by atoms with Gasteiger partial charge in [-0.25, -0.2) is 4.98 Å². The lowest BCUT2D eigenvalue weighted by Gasteiger charge is -2.03. The van der Waals surface area contributed by atoms with Crippen LogP contribution in [-0.4, -0.2) is 10.9 Å². The van der Waals surface area contributed by atoms with Gasteiger partial charge in [0, 0.05) is 16.5 Å². The summed E-state index contributed by atoms with van der Waals surface area (Å²) in [6, 6.07) is 5.61. The summed E-state index contributed by atoms with van der Waals surface area (Å²) in [6.45, 7) is 1.87. The highest BCUT2D eigenvalue weighted by molar-refractivity contribution is 7.07. The number of rotatable bonds is 2. The third-order valence-electron chi connectivity index (χ3n) is 2.23. The Labute approximate surface area is 91.6 Å². The second-order valence-corrected chi connectivity index (χ2v) is 3.99. The Hall–Kier alpha value is -1.68. The van der Waals surface area contributed by atoms with E-state index in [-0.39, 0.29) is 0 Å². The number of carbonyl (C=O) groups excluding carboxylic acids is 1. The summed E-state index contributed by atoms with van der Waals surface area (Å²) < 4.78 is 0. The number of aryl methyl sites for hydroxylation is 1. The van der Waals surface area contributed by atoms with Crippen LogP contribution in [0.4, 0.5) is 0 Å². The second kappa shape index (κ2) is 3.82. The molecule has 0 aliphatic heterocycles. The summed E-state index contributed by atoms with van der Waals surface area (Å²) >= 11 is 1.53. The first kappa shape index (κ1) is 9.86. The van der Waals surface area contributed by atoms with E-state index in [0.717, 1.165) is 16.8 Å². The van der Waals surface area contributed by atoms with E-state index in [0.29, 0.717) is 5.56 Å². The monoisotopic (exact) mass is 218 g/mol. The summed E-state index contributed by atoms with van der Waals surface area (Å²) in [5.74, 6) is -0.399. The third kappa shape index (κ3) is 1.89. The molecule has 0 unspecified atom stereocenters. The SMILES string of the molecule is Cc1ccc(-c2cscn2)cc1C(N)=O. The van der Waals surface area contributed by atoms with Crippen LogP contribution in [0.25, 0.3) is 11.3 Å². The maximum absolute atomic E-state index is 11.1. The highest BCUT2D eigenvalue weighted by Crippen LogP contribution is 2.21. The Bertz CT molecular complexity index is 491. The number of hydrogen-bond acceptors (Lipinski definition) is 3. The molecule has 2 rings (SSSR count). The van der Waals surface area contributed by atoms with Crippen molar-refractivity contribution < 1.29 is 4.79 Å². The molecule has 1 aromatic carbocycles. The van der Waals surface area contributed by atoms with E-state index in [2.05, 4.69) is 4.98 Å². The molecule has 2 N–H and O–H groups in total. The van der Waals surface area contributed by atoms with Crippen LogP contribution in [0.2, 0.25) is 0 Å². The van der Waals surface area contributed by atoms with Gasteiger partial charge in [-0.1, -0.05) is 12.1 Å². The Morgan fingerprint density at radius 2 is 2.27 bits per heavy atom. The molecule has 3 nitrogen and oxygen atoms in total. The van der Waals surface area contributed by atoms with Gasteiger partial charge >= 0.3 is 0 Å². The molecule has 0 aliphatic rings. The van der Waals surface area contributed by atoms with Crippen molar-refractivity contribution in [2.45, 2.75) is 6.92 Å². The zero-order chi connectivity index (χ0) is 10.8. The second-order valence-electron chi connectivity index (χ2n) is 3.27. The predicted octanol–water partition coefficient (Wildman–Crippen LogP) is 2.22. The van der Waals surface area contributed by atoms with E-state index >= 15 is 0 Å². The van der Waals surface area contributed by atoms with Crippen molar-refractivity contribution in [3.8, 4) is 11.3 Å². The van der Waals surface area contributed by atoms with Crippen molar-refractivity contribution >= 4 is 17.2 Å². The quantitative estimate of drug-likeness (QED) is 0.840. The molecule has 0 spiro atoms. The van der Waals surface area contributed by atoms with Crippen LogP contribution >= 0.6 is 11.3 Å². The van der Waals surface area contributed by atoms with Crippen molar-refractivity contribution in [1.29, 1.82) is 0 Å². The summed E-state index contributed by atoms with van der Waals surface area (Å²) in [5, 5.41) is 1.94. The van der Waals surface area contributed by atoms with Crippen LogP contribution in [0.1, 0.15) is 15.9 Å². The molecule has 76 valence electrons. The lowest BCUT2D eigenvalue weighted by molar-refractivity contribution is 0.1000. The largest absolute Gasteiger partial charge is 0.366 e. The minimum absolute atomic E-state index is 0.399. The van der Waals surface area contributed by atoms with Crippen LogP contribution in [0, 0.1) is 6.92 Å². The molecule has 1 heterocycles. The van der Waals surface area contributed by atoms with E-state index in [1.165, 1.54) is 11.3 Å². The van der Waals surface area contributed by atoms with E-state index in [1.807, 2.05) is 24.4 Å². The van der Waals surface area contributed by atoms with Gasteiger partial charge in [0.15, 0.2) is 0 Å². The Kier molecular flexibility index (Phi) is 2.51. The number of benzene rings is 1. The van der Waals surface area contributed by atoms with Crippen LogP contribution in [-0.2, 0) is 0 Å². The summed E-state index contributed by atoms with van der Waals surface area (Å²) in [6.07, 6.45) is 0. The maximum Gasteiger partial charge on any atom is 0.248 e. The fraction of sp³-hybridized carbons (Fsp3) is 0.0909. The Morgan fingerprint density at radius 3 is 2.87 bits per heavy atom. The topological polar surface area (TPSA) is 56.0 Å². The van der Waals surface area contributed by atoms with Crippen LogP contribution in [0.5, 0.6) is 0 Å². The first-order chi connectivity index (χ1) is 7.18. The van der Waals surface area contributed by atoms with Crippen molar-refractivity contribution in [1.82, 2.24) is 4.98 Å². The Balaban J connectivity index is 2.52. The number of amides is 1. The first-order valence-corrected chi connectivity index (χ1v) is 5.42. The average molecular weight is 218 g/mol. The molecule has 0 saturated heterocycles. The number of hydrogen-bond donors (Lipinski definition) is 1. The van der Waals surface area contributed by atoms with Crippen LogP contribution in [0.3, 0.4) is 0 Å². The first-order valence-electron chi connectivity index (χ1n) is 4.47. The highest BCUT2D eigenvalue weighted by atomic mass is 32.1. The lowest BCUT2D eigenvalue weighted by Crippen LogP contribution is -2.12. The number of nitrogens with two attached hydrogens (primary N) is 1. The summed E-state index contributed by atoms with van der Waals surface area (Å²) in [7, 11) is 0. The van der Waals surface area contributed by atoms with Gasteiger partial charge in [0.1, 0.15) is 0 Å². The summed E-state index contributed by atoms with van der Waals surface area (Å²) in [4.78, 5) is 15.3. The fourth-order valence-corrected chi connectivity index (χ4v) is 1.96. The van der Waals surface area contributed by atoms with Gasteiger partial charge in [0.05, 0.1) is 11.2 Å². The highest BCUT2D eigenvalue weighted by Gasteiger charge is 2.07. The molecule has 0 atom stereocenters. The van der Waals surface area contributed by atoms with Gasteiger partial charge in [-0.2, -0.15) is 0 Å². The summed E-state index contributed by atoms with van der Waals surface area (Å²) in [5.41, 5.74) is 10.3. The minimum Gasteiger partial charge on any atom is -0.366 e. The molecule has 0 bridgehead atoms. The lowest BCUT2D eigenvalue weighted by atomic mass is 10.0. The molecule has 0 radical (unpaired) electrons. The minimum atomic E-state index is -0.399. The van der Waals surface area contributed by atoms with Crippen molar-refractivity contribution in [2.75, 3.05) is 0 Å². The van der Waals surface area contributed by atoms with Gasteiger partial charge in [0.2, 0.25) is 5.91 Å². The van der Waals surface area contributed by atoms with Crippen molar-refractivity contribution in [3.05, 3.63) is 40.2 Å². The Morgan fingerprint density at radius 1 is 1.47 bits per heavy atom. The zero-order valence-electron chi connectivity index (χ0n) is 8.23. The molecule has 0 fully saturated rings. The molecular weight excluding hydrogens is 208 g/mol. The molecule has 15 heavy (non-hydrogen) atoms. The normalized spacial score (nSPS) is 10.2. The average Bonchev–Trinajstić information content (AvgIpc) is 2.71. The molecule has 1 aromatic heterocycles. The molecule has 4 heteroatoms. The van der Waals surface area contributed by atoms with Gasteiger partial charge in [0.25, 0.3) is 0 Å². The number of primary amides is 1. The van der Waals surface area contributed by atoms with E-state index in [1.54, 1.807) is 11.6 Å². The fourth-order valence-electron chi connectivity index (χ4n) is 1.40. The van der Waals surface area contributed by atoms with E-state index in [4.69, 9.17) is 5.73 Å². The molecule has 0 aliphatic carbocycles. The molecule has 1 amide bonds. The molecule has 0 saturated carbocycles. The third-order valence-corrected chi connectivity index (χ3v) is 2.82. The van der Waals surface area contributed by atoms with E-state index < -0.39 is 5.91 Å². The smallest absolute Gasteiger partial charge is 0.248 e. The van der Waals surface area contributed by atoms with Gasteiger partial charge < -0.3 is 5.73 Å². The maximum atomic E-state index is 11.1. The standard InChI is InChI=1S/C11H10N2OS/c1-7-2-3-8(4-9(7)11(12)14)10-5-15-6-13-10/h2-6H,1H3,(H2,12,14). The number of aromatic nitrogens is 1. The number of nitrogens with zero attached hydrogens (tertiary/aromatic N) is 1. The number of thiazole rings is 1. The van der Waals surface area contributed by atoms with Crippen LogP contribution in [0.15, 0.2) is 29.1 Å². The van der Waals surface area contributed by atoms with Crippen molar-refractivity contribution in [3.63, 3.8) is 0 Å².